The van der Waals surface area contributed by atoms with Crippen molar-refractivity contribution in [3.8, 4) is 10.7 Å². The monoisotopic (exact) mass is 343 g/mol. The van der Waals surface area contributed by atoms with Crippen LogP contribution in [-0.2, 0) is 0 Å². The number of rotatable bonds is 4. The van der Waals surface area contributed by atoms with Gasteiger partial charge in [-0.05, 0) is 31.9 Å². The quantitative estimate of drug-likeness (QED) is 0.784. The summed E-state index contributed by atoms with van der Waals surface area (Å²) in [7, 11) is 0. The molecular formula is C15H13N5OS2. The third kappa shape index (κ3) is 2.99. The molecule has 0 saturated heterocycles. The first-order valence-electron chi connectivity index (χ1n) is 7.24. The molecule has 1 amide bonds. The molecule has 1 saturated carbocycles. The number of pyridine rings is 1. The van der Waals surface area contributed by atoms with Crippen molar-refractivity contribution in [3.05, 3.63) is 40.0 Å². The van der Waals surface area contributed by atoms with E-state index in [1.165, 1.54) is 35.5 Å². The second-order valence-corrected chi connectivity index (χ2v) is 7.33. The molecule has 1 aliphatic rings. The van der Waals surface area contributed by atoms with Gasteiger partial charge < -0.3 is 0 Å². The Balaban J connectivity index is 1.54. The molecule has 3 aromatic heterocycles. The molecule has 0 spiro atoms. The number of anilines is 1. The zero-order valence-corrected chi connectivity index (χ0v) is 13.9. The third-order valence-electron chi connectivity index (χ3n) is 3.47. The number of hydrogen-bond donors (Lipinski definition) is 1. The van der Waals surface area contributed by atoms with E-state index in [1.54, 1.807) is 6.20 Å². The summed E-state index contributed by atoms with van der Waals surface area (Å²) in [5.74, 6) is 0.347. The maximum absolute atomic E-state index is 12.5. The Morgan fingerprint density at radius 1 is 1.26 bits per heavy atom. The van der Waals surface area contributed by atoms with E-state index in [-0.39, 0.29) is 5.91 Å². The van der Waals surface area contributed by atoms with E-state index < -0.39 is 0 Å². The van der Waals surface area contributed by atoms with Crippen LogP contribution >= 0.6 is 22.7 Å². The average Bonchev–Trinajstić information content (AvgIpc) is 3.19. The fraction of sp³-hybridized carbons (Fsp3) is 0.267. The fourth-order valence-corrected chi connectivity index (χ4v) is 3.99. The molecule has 4 rings (SSSR count). The van der Waals surface area contributed by atoms with Gasteiger partial charge in [0, 0.05) is 12.1 Å². The number of aryl methyl sites for hydroxylation is 1. The van der Waals surface area contributed by atoms with Crippen LogP contribution < -0.4 is 5.32 Å². The average molecular weight is 343 g/mol. The zero-order chi connectivity index (χ0) is 15.8. The van der Waals surface area contributed by atoms with Crippen molar-refractivity contribution in [2.24, 2.45) is 0 Å². The van der Waals surface area contributed by atoms with E-state index in [9.17, 15) is 4.79 Å². The highest BCUT2D eigenvalue weighted by Crippen LogP contribution is 2.42. The molecule has 0 aromatic carbocycles. The van der Waals surface area contributed by atoms with Crippen molar-refractivity contribution < 1.29 is 4.79 Å². The Bertz CT molecular complexity index is 854. The van der Waals surface area contributed by atoms with Crippen LogP contribution in [-0.4, -0.2) is 26.1 Å². The summed E-state index contributed by atoms with van der Waals surface area (Å²) < 4.78 is 0. The predicted octanol–water partition coefficient (Wildman–Crippen LogP) is 3.49. The molecule has 23 heavy (non-hydrogen) atoms. The first kappa shape index (κ1) is 14.4. The predicted molar refractivity (Wildman–Crippen MR) is 89.9 cm³/mol. The summed E-state index contributed by atoms with van der Waals surface area (Å²) in [6.45, 7) is 1.83. The van der Waals surface area contributed by atoms with Gasteiger partial charge in [-0.3, -0.25) is 15.1 Å². The van der Waals surface area contributed by atoms with Crippen molar-refractivity contribution in [1.29, 1.82) is 0 Å². The van der Waals surface area contributed by atoms with Gasteiger partial charge in [-0.15, -0.1) is 21.5 Å². The van der Waals surface area contributed by atoms with E-state index in [0.717, 1.165) is 15.7 Å². The summed E-state index contributed by atoms with van der Waals surface area (Å²) in [6.07, 6.45) is 4.06. The fourth-order valence-electron chi connectivity index (χ4n) is 2.14. The number of nitrogens with zero attached hydrogens (tertiary/aromatic N) is 4. The molecule has 1 N–H and O–H groups in total. The minimum absolute atomic E-state index is 0.194. The lowest BCUT2D eigenvalue weighted by atomic mass is 10.3. The Labute approximate surface area is 140 Å². The highest BCUT2D eigenvalue weighted by Gasteiger charge is 2.28. The molecule has 6 nitrogen and oxygen atoms in total. The van der Waals surface area contributed by atoms with Gasteiger partial charge in [0.1, 0.15) is 14.9 Å². The van der Waals surface area contributed by atoms with Crippen LogP contribution in [0, 0.1) is 6.92 Å². The number of carbonyl (C=O) groups excluding carboxylic acids is 1. The summed E-state index contributed by atoms with van der Waals surface area (Å²) in [5.41, 5.74) is 1.46. The van der Waals surface area contributed by atoms with Gasteiger partial charge in [0.25, 0.3) is 5.91 Å². The standard InChI is InChI=1S/C15H13N5OS2/c1-8-11(22-14(17-8)10-4-2-3-7-16-10)12(21)18-15-20-19-13(23-15)9-5-6-9/h2-4,7,9H,5-6H2,1H3,(H,18,20,21). The SMILES string of the molecule is Cc1nc(-c2ccccn2)sc1C(=O)Nc1nnc(C2CC2)s1. The van der Waals surface area contributed by atoms with Crippen molar-refractivity contribution in [2.45, 2.75) is 25.7 Å². The van der Waals surface area contributed by atoms with Crippen LogP contribution in [0.1, 0.15) is 39.1 Å². The van der Waals surface area contributed by atoms with E-state index in [1.807, 2.05) is 25.1 Å². The molecule has 0 atom stereocenters. The Kier molecular flexibility index (Phi) is 3.62. The molecule has 0 aliphatic heterocycles. The smallest absolute Gasteiger partial charge is 0.269 e. The zero-order valence-electron chi connectivity index (χ0n) is 12.3. The lowest BCUT2D eigenvalue weighted by Gasteiger charge is -1.97. The molecule has 116 valence electrons. The number of thiazole rings is 1. The highest BCUT2D eigenvalue weighted by molar-refractivity contribution is 7.17. The van der Waals surface area contributed by atoms with E-state index in [2.05, 4.69) is 25.5 Å². The van der Waals surface area contributed by atoms with Gasteiger partial charge in [-0.1, -0.05) is 17.4 Å². The van der Waals surface area contributed by atoms with Crippen molar-refractivity contribution in [2.75, 3.05) is 5.32 Å². The third-order valence-corrected chi connectivity index (χ3v) is 5.65. The van der Waals surface area contributed by atoms with Gasteiger partial charge in [-0.2, -0.15) is 0 Å². The van der Waals surface area contributed by atoms with Crippen LogP contribution in [0.15, 0.2) is 24.4 Å². The molecule has 3 aromatic rings. The molecule has 0 unspecified atom stereocenters. The van der Waals surface area contributed by atoms with Crippen molar-refractivity contribution in [1.82, 2.24) is 20.2 Å². The Morgan fingerprint density at radius 3 is 2.87 bits per heavy atom. The van der Waals surface area contributed by atoms with E-state index in [4.69, 9.17) is 0 Å². The largest absolute Gasteiger partial charge is 0.296 e. The molecule has 3 heterocycles. The van der Waals surface area contributed by atoms with Crippen molar-refractivity contribution >= 4 is 33.7 Å². The molecule has 0 bridgehead atoms. The maximum Gasteiger partial charge on any atom is 0.269 e. The van der Waals surface area contributed by atoms with Gasteiger partial charge in [0.15, 0.2) is 0 Å². The van der Waals surface area contributed by atoms with Crippen LogP contribution in [0.2, 0.25) is 0 Å². The maximum atomic E-state index is 12.5. The lowest BCUT2D eigenvalue weighted by Crippen LogP contribution is -2.11. The Morgan fingerprint density at radius 2 is 2.13 bits per heavy atom. The minimum Gasteiger partial charge on any atom is -0.296 e. The molecule has 8 heteroatoms. The van der Waals surface area contributed by atoms with Gasteiger partial charge in [-0.25, -0.2) is 4.98 Å². The first-order chi connectivity index (χ1) is 11.2. The number of amides is 1. The van der Waals surface area contributed by atoms with Crippen LogP contribution in [0.25, 0.3) is 10.7 Å². The van der Waals surface area contributed by atoms with Crippen LogP contribution in [0.5, 0.6) is 0 Å². The number of aromatic nitrogens is 4. The van der Waals surface area contributed by atoms with Gasteiger partial charge in [0.05, 0.1) is 11.4 Å². The summed E-state index contributed by atoms with van der Waals surface area (Å²) in [5, 5.41) is 13.3. The van der Waals surface area contributed by atoms with Crippen molar-refractivity contribution in [3.63, 3.8) is 0 Å². The summed E-state index contributed by atoms with van der Waals surface area (Å²) in [4.78, 5) is 21.8. The highest BCUT2D eigenvalue weighted by atomic mass is 32.1. The molecule has 1 fully saturated rings. The molecule has 0 radical (unpaired) electrons. The van der Waals surface area contributed by atoms with E-state index >= 15 is 0 Å². The minimum atomic E-state index is -0.194. The lowest BCUT2D eigenvalue weighted by molar-refractivity contribution is 0.102. The molecule has 1 aliphatic carbocycles. The summed E-state index contributed by atoms with van der Waals surface area (Å²) >= 11 is 2.79. The molecular weight excluding hydrogens is 330 g/mol. The number of carbonyl (C=O) groups is 1. The van der Waals surface area contributed by atoms with E-state index in [0.29, 0.717) is 21.6 Å². The normalized spacial score (nSPS) is 14.0. The topological polar surface area (TPSA) is 80.7 Å². The second-order valence-electron chi connectivity index (χ2n) is 5.32. The number of nitrogens with one attached hydrogen (secondary N) is 1. The second kappa shape index (κ2) is 5.78. The van der Waals surface area contributed by atoms with Crippen LogP contribution in [0.3, 0.4) is 0 Å². The van der Waals surface area contributed by atoms with Gasteiger partial charge in [0.2, 0.25) is 5.13 Å². The summed E-state index contributed by atoms with van der Waals surface area (Å²) in [6, 6.07) is 5.64. The Hall–Kier alpha value is -2.19. The van der Waals surface area contributed by atoms with Crippen LogP contribution in [0.4, 0.5) is 5.13 Å². The number of hydrogen-bond acceptors (Lipinski definition) is 7. The first-order valence-corrected chi connectivity index (χ1v) is 8.87. The van der Waals surface area contributed by atoms with Gasteiger partial charge >= 0.3 is 0 Å².